The highest BCUT2D eigenvalue weighted by Crippen LogP contribution is 2.24. The van der Waals surface area contributed by atoms with Crippen molar-refractivity contribution in [3.8, 4) is 0 Å². The normalized spacial score (nSPS) is 12.6. The molecule has 0 spiro atoms. The summed E-state index contributed by atoms with van der Waals surface area (Å²) in [4.78, 5) is 36.1. The van der Waals surface area contributed by atoms with E-state index in [0.29, 0.717) is 0 Å². The van der Waals surface area contributed by atoms with Crippen molar-refractivity contribution in [2.75, 3.05) is 0 Å². The standard InChI is InChI=1S/C22H15NO4/c24-20(16-11-12-17-18(13-16)22(26)27-21(17)25)23-19(14-7-3-1-4-8-14)15-9-5-2-6-10-15/h1-13,19H,(H,23,24). The van der Waals surface area contributed by atoms with Crippen LogP contribution in [0.3, 0.4) is 0 Å². The first-order valence-electron chi connectivity index (χ1n) is 8.45. The smallest absolute Gasteiger partial charge is 0.346 e. The van der Waals surface area contributed by atoms with Crippen LogP contribution >= 0.6 is 0 Å². The van der Waals surface area contributed by atoms with Crippen LogP contribution in [0.25, 0.3) is 0 Å². The van der Waals surface area contributed by atoms with E-state index in [2.05, 4.69) is 10.1 Å². The molecule has 3 aromatic rings. The molecular weight excluding hydrogens is 342 g/mol. The van der Waals surface area contributed by atoms with Crippen molar-refractivity contribution in [2.24, 2.45) is 0 Å². The summed E-state index contributed by atoms with van der Waals surface area (Å²) >= 11 is 0. The summed E-state index contributed by atoms with van der Waals surface area (Å²) in [7, 11) is 0. The Morgan fingerprint density at radius 3 is 1.89 bits per heavy atom. The molecule has 0 fully saturated rings. The molecule has 0 bridgehead atoms. The highest BCUT2D eigenvalue weighted by molar-refractivity contribution is 6.15. The van der Waals surface area contributed by atoms with Crippen LogP contribution in [0.4, 0.5) is 0 Å². The number of amides is 1. The Bertz CT molecular complexity index is 989. The van der Waals surface area contributed by atoms with Gasteiger partial charge in [-0.1, -0.05) is 60.7 Å². The van der Waals surface area contributed by atoms with E-state index in [9.17, 15) is 14.4 Å². The van der Waals surface area contributed by atoms with E-state index in [1.54, 1.807) is 0 Å². The minimum Gasteiger partial charge on any atom is -0.386 e. The molecule has 0 radical (unpaired) electrons. The third kappa shape index (κ3) is 3.22. The number of carbonyl (C=O) groups is 3. The molecule has 0 aromatic heterocycles. The Balaban J connectivity index is 1.66. The van der Waals surface area contributed by atoms with Gasteiger partial charge in [-0.25, -0.2) is 9.59 Å². The van der Waals surface area contributed by atoms with E-state index in [1.165, 1.54) is 18.2 Å². The van der Waals surface area contributed by atoms with E-state index in [1.807, 2.05) is 60.7 Å². The minimum atomic E-state index is -0.729. The summed E-state index contributed by atoms with van der Waals surface area (Å²) < 4.78 is 4.58. The van der Waals surface area contributed by atoms with Crippen LogP contribution in [0.15, 0.2) is 78.9 Å². The van der Waals surface area contributed by atoms with Crippen LogP contribution in [0.1, 0.15) is 48.2 Å². The summed E-state index contributed by atoms with van der Waals surface area (Å²) in [5.74, 6) is -1.76. The van der Waals surface area contributed by atoms with Crippen molar-refractivity contribution in [2.45, 2.75) is 6.04 Å². The van der Waals surface area contributed by atoms with E-state index >= 15 is 0 Å². The molecule has 3 aromatic carbocycles. The van der Waals surface area contributed by atoms with Gasteiger partial charge in [-0.15, -0.1) is 0 Å². The fourth-order valence-electron chi connectivity index (χ4n) is 3.09. The van der Waals surface area contributed by atoms with E-state index in [4.69, 9.17) is 0 Å². The van der Waals surface area contributed by atoms with Crippen molar-refractivity contribution in [3.63, 3.8) is 0 Å². The largest absolute Gasteiger partial charge is 0.386 e. The summed E-state index contributed by atoms with van der Waals surface area (Å²) in [5, 5.41) is 3.01. The number of hydrogen-bond acceptors (Lipinski definition) is 4. The van der Waals surface area contributed by atoms with Crippen molar-refractivity contribution in [1.29, 1.82) is 0 Å². The van der Waals surface area contributed by atoms with Crippen molar-refractivity contribution < 1.29 is 19.1 Å². The topological polar surface area (TPSA) is 72.5 Å². The molecule has 1 N–H and O–H groups in total. The molecule has 4 rings (SSSR count). The van der Waals surface area contributed by atoms with Crippen molar-refractivity contribution >= 4 is 17.8 Å². The zero-order chi connectivity index (χ0) is 18.8. The highest BCUT2D eigenvalue weighted by Gasteiger charge is 2.30. The lowest BCUT2D eigenvalue weighted by Crippen LogP contribution is -2.29. The molecule has 5 nitrogen and oxygen atoms in total. The molecule has 0 saturated carbocycles. The molecule has 5 heteroatoms. The van der Waals surface area contributed by atoms with Crippen LogP contribution < -0.4 is 5.32 Å². The molecule has 1 amide bonds. The molecule has 1 heterocycles. The zero-order valence-electron chi connectivity index (χ0n) is 14.2. The molecule has 1 aliphatic heterocycles. The number of carbonyl (C=O) groups excluding carboxylic acids is 3. The summed E-state index contributed by atoms with van der Waals surface area (Å²) in [6.07, 6.45) is 0. The molecule has 0 saturated heterocycles. The Morgan fingerprint density at radius 2 is 1.30 bits per heavy atom. The lowest BCUT2D eigenvalue weighted by molar-refractivity contribution is 0.0443. The monoisotopic (exact) mass is 357 g/mol. The summed E-state index contributed by atoms with van der Waals surface area (Å²) in [6, 6.07) is 23.2. The predicted molar refractivity (Wildman–Crippen MR) is 98.4 cm³/mol. The second-order valence-electron chi connectivity index (χ2n) is 6.17. The maximum Gasteiger partial charge on any atom is 0.346 e. The van der Waals surface area contributed by atoms with E-state index in [-0.39, 0.29) is 28.6 Å². The number of cyclic esters (lactones) is 2. The van der Waals surface area contributed by atoms with Gasteiger partial charge in [0.2, 0.25) is 0 Å². The number of nitrogens with one attached hydrogen (secondary N) is 1. The van der Waals surface area contributed by atoms with Gasteiger partial charge >= 0.3 is 11.9 Å². The van der Waals surface area contributed by atoms with Gasteiger partial charge in [0, 0.05) is 5.56 Å². The molecular formula is C22H15NO4. The number of esters is 2. The Labute approximate surface area is 155 Å². The Morgan fingerprint density at radius 1 is 0.741 bits per heavy atom. The zero-order valence-corrected chi connectivity index (χ0v) is 14.2. The lowest BCUT2D eigenvalue weighted by atomic mass is 9.98. The van der Waals surface area contributed by atoms with Gasteiger partial charge in [0.15, 0.2) is 0 Å². The summed E-state index contributed by atoms with van der Waals surface area (Å²) in [6.45, 7) is 0. The first kappa shape index (κ1) is 16.7. The molecule has 0 unspecified atom stereocenters. The molecule has 27 heavy (non-hydrogen) atoms. The number of ether oxygens (including phenoxy) is 1. The number of hydrogen-bond donors (Lipinski definition) is 1. The van der Waals surface area contributed by atoms with Gasteiger partial charge in [0.1, 0.15) is 0 Å². The highest BCUT2D eigenvalue weighted by atomic mass is 16.6. The quantitative estimate of drug-likeness (QED) is 0.573. The minimum absolute atomic E-state index is 0.114. The third-order valence-electron chi connectivity index (χ3n) is 4.45. The van der Waals surface area contributed by atoms with Gasteiger partial charge in [0.05, 0.1) is 17.2 Å². The van der Waals surface area contributed by atoms with E-state index in [0.717, 1.165) is 11.1 Å². The molecule has 0 aliphatic carbocycles. The fraction of sp³-hybridized carbons (Fsp3) is 0.0455. The second kappa shape index (κ2) is 6.88. The maximum absolute atomic E-state index is 12.8. The second-order valence-corrected chi connectivity index (χ2v) is 6.17. The Hall–Kier alpha value is -3.73. The van der Waals surface area contributed by atoms with Crippen molar-refractivity contribution in [3.05, 3.63) is 107 Å². The van der Waals surface area contributed by atoms with Gasteiger partial charge in [-0.3, -0.25) is 4.79 Å². The summed E-state index contributed by atoms with van der Waals surface area (Å²) in [5.41, 5.74) is 2.46. The lowest BCUT2D eigenvalue weighted by Gasteiger charge is -2.20. The van der Waals surface area contributed by atoms with Gasteiger partial charge < -0.3 is 10.1 Å². The Kier molecular flexibility index (Phi) is 4.26. The number of benzene rings is 3. The number of rotatable bonds is 4. The first-order valence-corrected chi connectivity index (χ1v) is 8.45. The predicted octanol–water partition coefficient (Wildman–Crippen LogP) is 3.52. The van der Waals surface area contributed by atoms with E-state index < -0.39 is 11.9 Å². The van der Waals surface area contributed by atoms with Crippen LogP contribution in [-0.4, -0.2) is 17.8 Å². The van der Waals surface area contributed by atoms with Gasteiger partial charge in [-0.05, 0) is 29.3 Å². The van der Waals surface area contributed by atoms with Crippen LogP contribution in [0, 0.1) is 0 Å². The van der Waals surface area contributed by atoms with Crippen LogP contribution in [0.2, 0.25) is 0 Å². The molecule has 0 atom stereocenters. The average Bonchev–Trinajstić information content (AvgIpc) is 3.00. The van der Waals surface area contributed by atoms with Crippen LogP contribution in [0.5, 0.6) is 0 Å². The SMILES string of the molecule is O=C(NC(c1ccccc1)c1ccccc1)c1ccc2c(c1)C(=O)OC2=O. The van der Waals surface area contributed by atoms with Gasteiger partial charge in [0.25, 0.3) is 5.91 Å². The van der Waals surface area contributed by atoms with Crippen molar-refractivity contribution in [1.82, 2.24) is 5.32 Å². The molecule has 1 aliphatic rings. The van der Waals surface area contributed by atoms with Crippen LogP contribution in [-0.2, 0) is 4.74 Å². The molecule has 132 valence electrons. The third-order valence-corrected chi connectivity index (χ3v) is 4.45. The number of fused-ring (bicyclic) bond motifs is 1. The maximum atomic E-state index is 12.8. The first-order chi connectivity index (χ1) is 13.1. The van der Waals surface area contributed by atoms with Gasteiger partial charge in [-0.2, -0.15) is 0 Å². The average molecular weight is 357 g/mol. The fourth-order valence-corrected chi connectivity index (χ4v) is 3.09.